The van der Waals surface area contributed by atoms with Gasteiger partial charge in [-0.15, -0.1) is 0 Å². The first-order valence-corrected chi connectivity index (χ1v) is 7.47. The summed E-state index contributed by atoms with van der Waals surface area (Å²) in [5, 5.41) is 2.79. The van der Waals surface area contributed by atoms with Gasteiger partial charge in [0.25, 0.3) is 0 Å². The van der Waals surface area contributed by atoms with Crippen molar-refractivity contribution in [2.24, 2.45) is 5.92 Å². The Balaban J connectivity index is 1.53. The van der Waals surface area contributed by atoms with Gasteiger partial charge in [-0.05, 0) is 13.1 Å². The Bertz CT molecular complexity index is 636. The molecule has 118 valence electrons. The zero-order valence-electron chi connectivity index (χ0n) is 12.5. The SMILES string of the molecule is CN1CC(N2CC(C(=O)NCc3cccc(=O)[nH]3)CC2=O)C1. The fraction of sp³-hybridized carbons (Fsp3) is 0.533. The van der Waals surface area contributed by atoms with Crippen LogP contribution in [0.3, 0.4) is 0 Å². The fourth-order valence-electron chi connectivity index (χ4n) is 3.05. The Labute approximate surface area is 128 Å². The van der Waals surface area contributed by atoms with Crippen molar-refractivity contribution >= 4 is 11.8 Å². The largest absolute Gasteiger partial charge is 0.350 e. The first-order chi connectivity index (χ1) is 10.5. The molecule has 2 amide bonds. The standard InChI is InChI=1S/C15H20N4O3/c1-18-8-12(9-18)19-7-10(5-14(19)21)15(22)16-6-11-3-2-4-13(20)17-11/h2-4,10,12H,5-9H2,1H3,(H,16,22)(H,17,20). The minimum absolute atomic E-state index is 0.0615. The van der Waals surface area contributed by atoms with E-state index >= 15 is 0 Å². The van der Waals surface area contributed by atoms with Crippen LogP contribution in [-0.4, -0.2) is 59.3 Å². The molecular formula is C15H20N4O3. The molecular weight excluding hydrogens is 284 g/mol. The van der Waals surface area contributed by atoms with Crippen molar-refractivity contribution < 1.29 is 9.59 Å². The minimum Gasteiger partial charge on any atom is -0.350 e. The van der Waals surface area contributed by atoms with Crippen molar-refractivity contribution in [1.82, 2.24) is 20.1 Å². The van der Waals surface area contributed by atoms with E-state index in [2.05, 4.69) is 15.2 Å². The second-order valence-electron chi connectivity index (χ2n) is 6.08. The van der Waals surface area contributed by atoms with Gasteiger partial charge in [-0.25, -0.2) is 0 Å². The van der Waals surface area contributed by atoms with Crippen LogP contribution in [0.4, 0.5) is 0 Å². The van der Waals surface area contributed by atoms with Crippen molar-refractivity contribution in [3.05, 3.63) is 34.2 Å². The summed E-state index contributed by atoms with van der Waals surface area (Å²) >= 11 is 0. The average molecular weight is 304 g/mol. The summed E-state index contributed by atoms with van der Waals surface area (Å²) in [6.45, 7) is 2.52. The Morgan fingerprint density at radius 1 is 1.32 bits per heavy atom. The van der Waals surface area contributed by atoms with Gasteiger partial charge >= 0.3 is 0 Å². The molecule has 0 spiro atoms. The van der Waals surface area contributed by atoms with Gasteiger partial charge in [-0.3, -0.25) is 14.4 Å². The van der Waals surface area contributed by atoms with Crippen molar-refractivity contribution in [1.29, 1.82) is 0 Å². The van der Waals surface area contributed by atoms with E-state index in [0.29, 0.717) is 12.2 Å². The Morgan fingerprint density at radius 2 is 2.09 bits per heavy atom. The van der Waals surface area contributed by atoms with Crippen LogP contribution in [0.5, 0.6) is 0 Å². The van der Waals surface area contributed by atoms with Gasteiger partial charge in [-0.2, -0.15) is 0 Å². The highest BCUT2D eigenvalue weighted by Crippen LogP contribution is 2.24. The minimum atomic E-state index is -0.297. The van der Waals surface area contributed by atoms with Gasteiger partial charge < -0.3 is 20.1 Å². The van der Waals surface area contributed by atoms with Gasteiger partial charge in [0.15, 0.2) is 0 Å². The number of rotatable bonds is 4. The number of carbonyl (C=O) groups is 2. The lowest BCUT2D eigenvalue weighted by Gasteiger charge is -2.42. The number of pyridine rings is 1. The molecule has 3 heterocycles. The normalized spacial score (nSPS) is 22.7. The van der Waals surface area contributed by atoms with E-state index in [1.54, 1.807) is 12.1 Å². The van der Waals surface area contributed by atoms with Crippen LogP contribution in [0.2, 0.25) is 0 Å². The number of amides is 2. The van der Waals surface area contributed by atoms with E-state index in [1.807, 2.05) is 11.9 Å². The highest BCUT2D eigenvalue weighted by atomic mass is 16.2. The molecule has 2 fully saturated rings. The Kier molecular flexibility index (Phi) is 3.98. The van der Waals surface area contributed by atoms with Gasteiger partial charge in [0.2, 0.25) is 17.4 Å². The lowest BCUT2D eigenvalue weighted by Crippen LogP contribution is -2.58. The predicted molar refractivity (Wildman–Crippen MR) is 80.0 cm³/mol. The molecule has 0 saturated carbocycles. The number of aromatic nitrogens is 1. The molecule has 0 radical (unpaired) electrons. The molecule has 2 N–H and O–H groups in total. The van der Waals surface area contributed by atoms with Crippen molar-refractivity contribution in [3.63, 3.8) is 0 Å². The summed E-state index contributed by atoms with van der Waals surface area (Å²) in [5.74, 6) is -0.367. The quantitative estimate of drug-likeness (QED) is 0.759. The molecule has 2 aliphatic heterocycles. The monoisotopic (exact) mass is 304 g/mol. The van der Waals surface area contributed by atoms with Crippen molar-refractivity contribution in [3.8, 4) is 0 Å². The number of hydrogen-bond donors (Lipinski definition) is 2. The maximum atomic E-state index is 12.2. The lowest BCUT2D eigenvalue weighted by molar-refractivity contribution is -0.132. The molecule has 1 aromatic heterocycles. The summed E-state index contributed by atoms with van der Waals surface area (Å²) in [5.41, 5.74) is 0.464. The molecule has 2 aliphatic rings. The maximum Gasteiger partial charge on any atom is 0.248 e. The van der Waals surface area contributed by atoms with E-state index in [0.717, 1.165) is 13.1 Å². The molecule has 1 unspecified atom stereocenters. The van der Waals surface area contributed by atoms with Crippen LogP contribution < -0.4 is 10.9 Å². The van der Waals surface area contributed by atoms with E-state index in [4.69, 9.17) is 0 Å². The van der Waals surface area contributed by atoms with E-state index < -0.39 is 0 Å². The number of likely N-dealkylation sites (N-methyl/N-ethyl adjacent to an activating group) is 1. The van der Waals surface area contributed by atoms with Crippen LogP contribution in [0.15, 0.2) is 23.0 Å². The third kappa shape index (κ3) is 3.04. The molecule has 2 saturated heterocycles. The molecule has 7 nitrogen and oxygen atoms in total. The number of carbonyl (C=O) groups excluding carboxylic acids is 2. The number of likely N-dealkylation sites (tertiary alicyclic amines) is 2. The summed E-state index contributed by atoms with van der Waals surface area (Å²) in [6.07, 6.45) is 0.275. The van der Waals surface area contributed by atoms with Crippen LogP contribution in [-0.2, 0) is 16.1 Å². The van der Waals surface area contributed by atoms with Crippen LogP contribution in [0, 0.1) is 5.92 Å². The van der Waals surface area contributed by atoms with E-state index in [9.17, 15) is 14.4 Å². The summed E-state index contributed by atoms with van der Waals surface area (Å²) in [6, 6.07) is 5.07. The van der Waals surface area contributed by atoms with Crippen LogP contribution >= 0.6 is 0 Å². The molecule has 0 aliphatic carbocycles. The second-order valence-corrected chi connectivity index (χ2v) is 6.08. The van der Waals surface area contributed by atoms with E-state index in [1.165, 1.54) is 6.07 Å². The Hall–Kier alpha value is -2.15. The summed E-state index contributed by atoms with van der Waals surface area (Å²) in [4.78, 5) is 42.1. The first-order valence-electron chi connectivity index (χ1n) is 7.47. The molecule has 7 heteroatoms. The van der Waals surface area contributed by atoms with Crippen molar-refractivity contribution in [2.45, 2.75) is 19.0 Å². The number of aromatic amines is 1. The third-order valence-corrected chi connectivity index (χ3v) is 4.30. The molecule has 1 aromatic rings. The molecule has 3 rings (SSSR count). The predicted octanol–water partition coefficient (Wildman–Crippen LogP) is -0.846. The van der Waals surface area contributed by atoms with Gasteiger partial charge in [0, 0.05) is 37.8 Å². The highest BCUT2D eigenvalue weighted by molar-refractivity contribution is 5.89. The number of nitrogens with one attached hydrogen (secondary N) is 2. The topological polar surface area (TPSA) is 85.5 Å². The molecule has 0 aromatic carbocycles. The molecule has 22 heavy (non-hydrogen) atoms. The van der Waals surface area contributed by atoms with Gasteiger partial charge in [0.1, 0.15) is 0 Å². The number of H-pyrrole nitrogens is 1. The molecule has 1 atom stereocenters. The lowest BCUT2D eigenvalue weighted by atomic mass is 10.1. The first kappa shape index (κ1) is 14.8. The number of nitrogens with zero attached hydrogens (tertiary/aromatic N) is 2. The molecule has 0 bridgehead atoms. The van der Waals surface area contributed by atoms with Crippen molar-refractivity contribution in [2.75, 3.05) is 26.7 Å². The summed E-state index contributed by atoms with van der Waals surface area (Å²) < 4.78 is 0. The highest BCUT2D eigenvalue weighted by Gasteiger charge is 2.41. The zero-order valence-corrected chi connectivity index (χ0v) is 12.5. The fourth-order valence-corrected chi connectivity index (χ4v) is 3.05. The van der Waals surface area contributed by atoms with Gasteiger partial charge in [-0.1, -0.05) is 6.07 Å². The van der Waals surface area contributed by atoms with Gasteiger partial charge in [0.05, 0.1) is 18.5 Å². The van der Waals surface area contributed by atoms with Crippen LogP contribution in [0.1, 0.15) is 12.1 Å². The second kappa shape index (κ2) is 5.92. The number of hydrogen-bond acceptors (Lipinski definition) is 4. The summed E-state index contributed by atoms with van der Waals surface area (Å²) in [7, 11) is 2.02. The van der Waals surface area contributed by atoms with E-state index in [-0.39, 0.29) is 42.3 Å². The van der Waals surface area contributed by atoms with Crippen LogP contribution in [0.25, 0.3) is 0 Å². The average Bonchev–Trinajstić information content (AvgIpc) is 2.83. The smallest absolute Gasteiger partial charge is 0.248 e. The maximum absolute atomic E-state index is 12.2. The zero-order chi connectivity index (χ0) is 15.7. The Morgan fingerprint density at radius 3 is 2.77 bits per heavy atom. The third-order valence-electron chi connectivity index (χ3n) is 4.30.